The van der Waals surface area contributed by atoms with Gasteiger partial charge in [-0.1, -0.05) is 6.07 Å². The van der Waals surface area contributed by atoms with Crippen LogP contribution in [-0.2, 0) is 13.1 Å². The molecule has 2 aromatic rings. The molecule has 16 heavy (non-hydrogen) atoms. The molecule has 0 aliphatic heterocycles. The lowest BCUT2D eigenvalue weighted by Crippen LogP contribution is -2.27. The quantitative estimate of drug-likeness (QED) is 0.789. The number of nitrogens with zero attached hydrogens (tertiary/aromatic N) is 2. The molecule has 0 spiro atoms. The van der Waals surface area contributed by atoms with Crippen LogP contribution in [-0.4, -0.2) is 16.3 Å². The van der Waals surface area contributed by atoms with Crippen LogP contribution in [0, 0.1) is 0 Å². The van der Waals surface area contributed by atoms with Crippen LogP contribution in [0.2, 0.25) is 0 Å². The van der Waals surface area contributed by atoms with Crippen molar-refractivity contribution < 1.29 is 0 Å². The maximum absolute atomic E-state index is 11.3. The molecule has 0 amide bonds. The Morgan fingerprint density at radius 2 is 2.31 bits per heavy atom. The lowest BCUT2D eigenvalue weighted by atomic mass is 10.4. The van der Waals surface area contributed by atoms with Crippen molar-refractivity contribution in [1.29, 1.82) is 0 Å². The van der Waals surface area contributed by atoms with Gasteiger partial charge in [-0.25, -0.2) is 4.68 Å². The molecule has 0 saturated heterocycles. The summed E-state index contributed by atoms with van der Waals surface area (Å²) >= 11 is 1.73. The van der Waals surface area contributed by atoms with E-state index in [1.165, 1.54) is 15.6 Å². The zero-order valence-electron chi connectivity index (χ0n) is 8.80. The van der Waals surface area contributed by atoms with Crippen LogP contribution in [0.15, 0.2) is 40.6 Å². The Morgan fingerprint density at radius 3 is 3.06 bits per heavy atom. The van der Waals surface area contributed by atoms with Gasteiger partial charge >= 0.3 is 0 Å². The first-order valence-corrected chi connectivity index (χ1v) is 5.99. The van der Waals surface area contributed by atoms with Crippen molar-refractivity contribution in [2.75, 3.05) is 6.54 Å². The number of thiophene rings is 1. The van der Waals surface area contributed by atoms with Gasteiger partial charge in [0, 0.05) is 30.2 Å². The molecule has 0 saturated carbocycles. The summed E-state index contributed by atoms with van der Waals surface area (Å²) in [6.45, 7) is 2.19. The Hall–Kier alpha value is -1.46. The molecule has 2 heterocycles. The second kappa shape index (κ2) is 5.58. The van der Waals surface area contributed by atoms with Gasteiger partial charge in [0.25, 0.3) is 5.56 Å². The Kier molecular flexibility index (Phi) is 3.85. The van der Waals surface area contributed by atoms with Crippen LogP contribution in [0.4, 0.5) is 0 Å². The molecule has 0 radical (unpaired) electrons. The molecule has 1 N–H and O–H groups in total. The predicted octanol–water partition coefficient (Wildman–Crippen LogP) is 1.09. The summed E-state index contributed by atoms with van der Waals surface area (Å²) in [5.41, 5.74) is -0.0552. The molecule has 0 unspecified atom stereocenters. The predicted molar refractivity (Wildman–Crippen MR) is 64.5 cm³/mol. The Labute approximate surface area is 97.6 Å². The maximum atomic E-state index is 11.3. The number of rotatable bonds is 5. The zero-order valence-corrected chi connectivity index (χ0v) is 9.61. The first-order valence-electron chi connectivity index (χ1n) is 5.11. The highest BCUT2D eigenvalue weighted by atomic mass is 32.1. The summed E-state index contributed by atoms with van der Waals surface area (Å²) in [5, 5.41) is 9.31. The highest BCUT2D eigenvalue weighted by molar-refractivity contribution is 7.09. The average Bonchev–Trinajstić information content (AvgIpc) is 2.79. The Bertz CT molecular complexity index is 478. The van der Waals surface area contributed by atoms with Crippen molar-refractivity contribution in [3.8, 4) is 0 Å². The second-order valence-electron chi connectivity index (χ2n) is 3.34. The number of hydrogen-bond donors (Lipinski definition) is 1. The van der Waals surface area contributed by atoms with E-state index in [-0.39, 0.29) is 5.56 Å². The van der Waals surface area contributed by atoms with Crippen LogP contribution >= 0.6 is 11.3 Å². The molecular weight excluding hydrogens is 222 g/mol. The fraction of sp³-hybridized carbons (Fsp3) is 0.273. The molecule has 2 aromatic heterocycles. The van der Waals surface area contributed by atoms with E-state index >= 15 is 0 Å². The molecule has 0 fully saturated rings. The summed E-state index contributed by atoms with van der Waals surface area (Å²) in [5.74, 6) is 0. The number of aromatic nitrogens is 2. The molecular formula is C11H13N3OS. The highest BCUT2D eigenvalue weighted by Crippen LogP contribution is 2.06. The fourth-order valence-corrected chi connectivity index (χ4v) is 2.04. The topological polar surface area (TPSA) is 46.9 Å². The maximum Gasteiger partial charge on any atom is 0.266 e. The lowest BCUT2D eigenvalue weighted by Gasteiger charge is -2.04. The Morgan fingerprint density at radius 1 is 1.38 bits per heavy atom. The SMILES string of the molecule is O=c1cccnn1CCNCc1cccs1. The Balaban J connectivity index is 1.76. The normalized spacial score (nSPS) is 10.5. The first kappa shape index (κ1) is 11.0. The molecule has 0 bridgehead atoms. The van der Waals surface area contributed by atoms with Crippen LogP contribution in [0.3, 0.4) is 0 Å². The summed E-state index contributed by atoms with van der Waals surface area (Å²) in [6.07, 6.45) is 1.63. The van der Waals surface area contributed by atoms with Gasteiger partial charge in [-0.15, -0.1) is 11.3 Å². The minimum absolute atomic E-state index is 0.0552. The van der Waals surface area contributed by atoms with Gasteiger partial charge in [0.1, 0.15) is 0 Å². The van der Waals surface area contributed by atoms with Crippen molar-refractivity contribution in [3.05, 3.63) is 51.1 Å². The summed E-state index contributed by atoms with van der Waals surface area (Å²) in [4.78, 5) is 12.6. The van der Waals surface area contributed by atoms with Gasteiger partial charge < -0.3 is 5.32 Å². The molecule has 4 nitrogen and oxygen atoms in total. The van der Waals surface area contributed by atoms with E-state index in [4.69, 9.17) is 0 Å². The zero-order chi connectivity index (χ0) is 11.2. The second-order valence-corrected chi connectivity index (χ2v) is 4.37. The third kappa shape index (κ3) is 3.01. The average molecular weight is 235 g/mol. The fourth-order valence-electron chi connectivity index (χ4n) is 1.36. The summed E-state index contributed by atoms with van der Waals surface area (Å²) in [7, 11) is 0. The van der Waals surface area contributed by atoms with Crippen molar-refractivity contribution in [3.63, 3.8) is 0 Å². The van der Waals surface area contributed by atoms with Crippen molar-refractivity contribution >= 4 is 11.3 Å². The van der Waals surface area contributed by atoms with Crippen LogP contribution in [0.25, 0.3) is 0 Å². The van der Waals surface area contributed by atoms with Crippen LogP contribution < -0.4 is 10.9 Å². The summed E-state index contributed by atoms with van der Waals surface area (Å²) in [6, 6.07) is 7.29. The minimum Gasteiger partial charge on any atom is -0.310 e. The smallest absolute Gasteiger partial charge is 0.266 e. The standard InChI is InChI=1S/C11H13N3OS/c15-11-4-1-5-13-14(11)7-6-12-9-10-3-2-8-16-10/h1-5,8,12H,6-7,9H2. The van der Waals surface area contributed by atoms with Crippen molar-refractivity contribution in [1.82, 2.24) is 15.1 Å². The van der Waals surface area contributed by atoms with Gasteiger partial charge in [0.05, 0.1) is 6.54 Å². The van der Waals surface area contributed by atoms with Gasteiger partial charge in [0.2, 0.25) is 0 Å². The molecule has 0 aliphatic carbocycles. The molecule has 5 heteroatoms. The molecule has 0 atom stereocenters. The van der Waals surface area contributed by atoms with Gasteiger partial charge in [-0.3, -0.25) is 4.79 Å². The largest absolute Gasteiger partial charge is 0.310 e. The summed E-state index contributed by atoms with van der Waals surface area (Å²) < 4.78 is 1.46. The monoisotopic (exact) mass is 235 g/mol. The number of hydrogen-bond acceptors (Lipinski definition) is 4. The van der Waals surface area contributed by atoms with E-state index in [1.54, 1.807) is 23.6 Å². The minimum atomic E-state index is -0.0552. The third-order valence-electron chi connectivity index (χ3n) is 2.17. The third-order valence-corrected chi connectivity index (χ3v) is 3.04. The van der Waals surface area contributed by atoms with Gasteiger partial charge in [-0.2, -0.15) is 5.10 Å². The van der Waals surface area contributed by atoms with E-state index < -0.39 is 0 Å². The highest BCUT2D eigenvalue weighted by Gasteiger charge is 1.95. The van der Waals surface area contributed by atoms with Gasteiger partial charge in [-0.05, 0) is 17.5 Å². The van der Waals surface area contributed by atoms with Crippen molar-refractivity contribution in [2.24, 2.45) is 0 Å². The van der Waals surface area contributed by atoms with E-state index in [1.807, 2.05) is 6.07 Å². The number of nitrogens with one attached hydrogen (secondary N) is 1. The molecule has 2 rings (SSSR count). The van der Waals surface area contributed by atoms with E-state index in [0.29, 0.717) is 6.54 Å². The molecule has 84 valence electrons. The van der Waals surface area contributed by atoms with E-state index in [0.717, 1.165) is 13.1 Å². The molecule has 0 aliphatic rings. The van der Waals surface area contributed by atoms with Gasteiger partial charge in [0.15, 0.2) is 0 Å². The van der Waals surface area contributed by atoms with E-state index in [9.17, 15) is 4.79 Å². The van der Waals surface area contributed by atoms with Crippen molar-refractivity contribution in [2.45, 2.75) is 13.1 Å². The lowest BCUT2D eigenvalue weighted by molar-refractivity contribution is 0.533. The van der Waals surface area contributed by atoms with E-state index in [2.05, 4.69) is 21.9 Å². The molecule has 0 aromatic carbocycles. The van der Waals surface area contributed by atoms with Crippen LogP contribution in [0.5, 0.6) is 0 Å². The first-order chi connectivity index (χ1) is 7.86. The van der Waals surface area contributed by atoms with Crippen LogP contribution in [0.1, 0.15) is 4.88 Å².